The van der Waals surface area contributed by atoms with Crippen LogP contribution in [0, 0.1) is 5.92 Å². The molecule has 5 nitrogen and oxygen atoms in total. The van der Waals surface area contributed by atoms with Gasteiger partial charge in [0.1, 0.15) is 17.7 Å². The Morgan fingerprint density at radius 2 is 1.88 bits per heavy atom. The van der Waals surface area contributed by atoms with E-state index in [-0.39, 0.29) is 18.0 Å². The summed E-state index contributed by atoms with van der Waals surface area (Å²) in [5, 5.41) is 5.26. The Balaban J connectivity index is 1.59. The summed E-state index contributed by atoms with van der Waals surface area (Å²) >= 11 is 0. The van der Waals surface area contributed by atoms with Crippen LogP contribution in [-0.2, 0) is 9.53 Å². The molecule has 0 bridgehead atoms. The van der Waals surface area contributed by atoms with Gasteiger partial charge in [0.2, 0.25) is 0 Å². The number of aromatic nitrogens is 1. The van der Waals surface area contributed by atoms with Crippen molar-refractivity contribution in [2.45, 2.75) is 57.0 Å². The lowest BCUT2D eigenvalue weighted by atomic mass is 9.78. The van der Waals surface area contributed by atoms with Crippen LogP contribution in [0.25, 0.3) is 11.0 Å². The van der Waals surface area contributed by atoms with Crippen molar-refractivity contribution in [3.8, 4) is 0 Å². The molecule has 1 saturated carbocycles. The van der Waals surface area contributed by atoms with Crippen LogP contribution in [0.4, 0.5) is 0 Å². The monoisotopic (exact) mass is 356 g/mol. The molecule has 1 saturated heterocycles. The Bertz CT molecular complexity index is 743. The zero-order valence-electron chi connectivity index (χ0n) is 15.5. The molecule has 26 heavy (non-hydrogen) atoms. The minimum absolute atomic E-state index is 0.0305. The molecule has 1 aliphatic heterocycles. The number of carbonyl (C=O) groups is 1. The number of nitrogens with zero attached hydrogens (tertiary/aromatic N) is 2. The maximum atomic E-state index is 13.2. The van der Waals surface area contributed by atoms with Crippen molar-refractivity contribution in [3.63, 3.8) is 0 Å². The van der Waals surface area contributed by atoms with Gasteiger partial charge in [0, 0.05) is 18.5 Å². The van der Waals surface area contributed by atoms with Crippen LogP contribution < -0.4 is 0 Å². The Hall–Kier alpha value is -1.88. The standard InChI is InChI=1S/C21H28N2O3/c1-23-13-11-16(12-14-23)25-21(24)19(15-7-3-2-4-8-15)20-17-9-5-6-10-18(17)26-22-20/h5-6,9-10,15-16,19H,2-4,7-8,11-14H2,1H3. The minimum Gasteiger partial charge on any atom is -0.462 e. The van der Waals surface area contributed by atoms with E-state index >= 15 is 0 Å². The van der Waals surface area contributed by atoms with Crippen LogP contribution in [0.3, 0.4) is 0 Å². The van der Waals surface area contributed by atoms with Crippen molar-refractivity contribution in [2.24, 2.45) is 5.92 Å². The molecule has 2 heterocycles. The summed E-state index contributed by atoms with van der Waals surface area (Å²) in [6.45, 7) is 1.97. The van der Waals surface area contributed by atoms with Gasteiger partial charge in [-0.25, -0.2) is 0 Å². The third-order valence-corrected chi connectivity index (χ3v) is 6.02. The van der Waals surface area contributed by atoms with Crippen molar-refractivity contribution in [1.29, 1.82) is 0 Å². The first-order chi connectivity index (χ1) is 12.7. The second kappa shape index (κ2) is 7.78. The molecular formula is C21H28N2O3. The summed E-state index contributed by atoms with van der Waals surface area (Å²) < 4.78 is 11.5. The highest BCUT2D eigenvalue weighted by Gasteiger charge is 2.37. The molecule has 140 valence electrons. The molecule has 0 spiro atoms. The molecule has 4 rings (SSSR count). The fraction of sp³-hybridized carbons (Fsp3) is 0.619. The lowest BCUT2D eigenvalue weighted by molar-refractivity contribution is -0.155. The van der Waals surface area contributed by atoms with Gasteiger partial charge < -0.3 is 14.2 Å². The summed E-state index contributed by atoms with van der Waals surface area (Å²) in [7, 11) is 2.12. The molecule has 2 fully saturated rings. The van der Waals surface area contributed by atoms with E-state index in [1.807, 2.05) is 24.3 Å². The molecule has 1 unspecified atom stereocenters. The molecule has 0 amide bonds. The molecule has 5 heteroatoms. The van der Waals surface area contributed by atoms with Crippen LogP contribution in [0.1, 0.15) is 56.6 Å². The molecule has 0 N–H and O–H groups in total. The predicted molar refractivity (Wildman–Crippen MR) is 99.9 cm³/mol. The van der Waals surface area contributed by atoms with Crippen LogP contribution in [-0.4, -0.2) is 42.3 Å². The van der Waals surface area contributed by atoms with E-state index in [1.54, 1.807) is 0 Å². The zero-order chi connectivity index (χ0) is 17.9. The quantitative estimate of drug-likeness (QED) is 0.771. The smallest absolute Gasteiger partial charge is 0.315 e. The van der Waals surface area contributed by atoms with Crippen molar-refractivity contribution in [3.05, 3.63) is 30.0 Å². The van der Waals surface area contributed by atoms with E-state index in [4.69, 9.17) is 9.26 Å². The Labute approximate surface area is 154 Å². The van der Waals surface area contributed by atoms with E-state index in [1.165, 1.54) is 19.3 Å². The molecule has 0 radical (unpaired) electrons. The Morgan fingerprint density at radius 1 is 1.15 bits per heavy atom. The van der Waals surface area contributed by atoms with E-state index in [9.17, 15) is 4.79 Å². The largest absolute Gasteiger partial charge is 0.462 e. The van der Waals surface area contributed by atoms with Crippen LogP contribution in [0.5, 0.6) is 0 Å². The SMILES string of the molecule is CN1CCC(OC(=O)C(c2noc3ccccc23)C2CCCCC2)CC1. The molecule has 2 aliphatic rings. The number of hydrogen-bond donors (Lipinski definition) is 0. The highest BCUT2D eigenvalue weighted by molar-refractivity contribution is 5.87. The van der Waals surface area contributed by atoms with E-state index < -0.39 is 0 Å². The number of carbonyl (C=O) groups excluding carboxylic acids is 1. The number of hydrogen-bond acceptors (Lipinski definition) is 5. The molecule has 1 aromatic heterocycles. The minimum atomic E-state index is -0.307. The van der Waals surface area contributed by atoms with Crippen molar-refractivity contribution in [2.75, 3.05) is 20.1 Å². The van der Waals surface area contributed by atoms with Gasteiger partial charge >= 0.3 is 5.97 Å². The van der Waals surface area contributed by atoms with E-state index in [0.717, 1.165) is 55.4 Å². The molecule has 1 aliphatic carbocycles. The van der Waals surface area contributed by atoms with Crippen LogP contribution in [0.2, 0.25) is 0 Å². The number of likely N-dealkylation sites (tertiary alicyclic amines) is 1. The summed E-state index contributed by atoms with van der Waals surface area (Å²) in [4.78, 5) is 15.5. The van der Waals surface area contributed by atoms with Gasteiger partial charge in [0.25, 0.3) is 0 Å². The first kappa shape index (κ1) is 17.5. The lowest BCUT2D eigenvalue weighted by Crippen LogP contribution is -2.37. The topological polar surface area (TPSA) is 55.6 Å². The molecule has 1 aromatic carbocycles. The normalized spacial score (nSPS) is 21.7. The highest BCUT2D eigenvalue weighted by Crippen LogP contribution is 2.39. The Morgan fingerprint density at radius 3 is 2.65 bits per heavy atom. The van der Waals surface area contributed by atoms with E-state index in [2.05, 4.69) is 17.1 Å². The van der Waals surface area contributed by atoms with E-state index in [0.29, 0.717) is 5.92 Å². The Kier molecular flexibility index (Phi) is 5.25. The number of ether oxygens (including phenoxy) is 1. The maximum absolute atomic E-state index is 13.2. The van der Waals surface area contributed by atoms with Gasteiger partial charge in [-0.2, -0.15) is 0 Å². The summed E-state index contributed by atoms with van der Waals surface area (Å²) in [5.74, 6) is -0.111. The van der Waals surface area contributed by atoms with Gasteiger partial charge in [-0.15, -0.1) is 0 Å². The van der Waals surface area contributed by atoms with Gasteiger partial charge in [-0.1, -0.05) is 36.6 Å². The van der Waals surface area contributed by atoms with Crippen molar-refractivity contribution < 1.29 is 14.1 Å². The number of benzene rings is 1. The number of esters is 1. The fourth-order valence-corrected chi connectivity index (χ4v) is 4.46. The average Bonchev–Trinajstić information content (AvgIpc) is 3.09. The number of para-hydroxylation sites is 1. The number of fused-ring (bicyclic) bond motifs is 1. The number of piperidine rings is 1. The second-order valence-electron chi connectivity index (χ2n) is 7.88. The summed E-state index contributed by atoms with van der Waals surface area (Å²) in [6.07, 6.45) is 7.60. The third-order valence-electron chi connectivity index (χ3n) is 6.02. The first-order valence-corrected chi connectivity index (χ1v) is 9.95. The lowest BCUT2D eigenvalue weighted by Gasteiger charge is -2.32. The van der Waals surface area contributed by atoms with Gasteiger partial charge in [0.05, 0.1) is 0 Å². The fourth-order valence-electron chi connectivity index (χ4n) is 4.46. The second-order valence-corrected chi connectivity index (χ2v) is 7.88. The van der Waals surface area contributed by atoms with Crippen LogP contribution >= 0.6 is 0 Å². The van der Waals surface area contributed by atoms with Crippen molar-refractivity contribution >= 4 is 16.9 Å². The number of rotatable bonds is 4. The zero-order valence-corrected chi connectivity index (χ0v) is 15.5. The average molecular weight is 356 g/mol. The van der Waals surface area contributed by atoms with Gasteiger partial charge in [0.15, 0.2) is 5.58 Å². The highest BCUT2D eigenvalue weighted by atomic mass is 16.5. The van der Waals surface area contributed by atoms with Gasteiger partial charge in [-0.3, -0.25) is 4.79 Å². The van der Waals surface area contributed by atoms with Crippen molar-refractivity contribution in [1.82, 2.24) is 10.1 Å². The third kappa shape index (κ3) is 3.63. The van der Waals surface area contributed by atoms with Gasteiger partial charge in [-0.05, 0) is 50.8 Å². The molecular weight excluding hydrogens is 328 g/mol. The first-order valence-electron chi connectivity index (χ1n) is 9.95. The molecule has 2 aromatic rings. The predicted octanol–water partition coefficient (Wildman–Crippen LogP) is 4.13. The maximum Gasteiger partial charge on any atom is 0.315 e. The molecule has 1 atom stereocenters. The van der Waals surface area contributed by atoms with Crippen LogP contribution in [0.15, 0.2) is 28.8 Å². The summed E-state index contributed by atoms with van der Waals surface area (Å²) in [6, 6.07) is 7.82. The summed E-state index contributed by atoms with van der Waals surface area (Å²) in [5.41, 5.74) is 1.51.